The van der Waals surface area contributed by atoms with Crippen molar-refractivity contribution in [2.75, 3.05) is 13.7 Å². The molecule has 0 aliphatic heterocycles. The van der Waals surface area contributed by atoms with Gasteiger partial charge >= 0.3 is 5.97 Å². The Labute approximate surface area is 84.8 Å². The predicted octanol–water partition coefficient (Wildman–Crippen LogP) is 1.51. The fourth-order valence-corrected chi connectivity index (χ4v) is 1.63. The average molecular weight is 198 g/mol. The van der Waals surface area contributed by atoms with E-state index in [-0.39, 0.29) is 18.0 Å². The van der Waals surface area contributed by atoms with Gasteiger partial charge in [0, 0.05) is 5.41 Å². The Morgan fingerprint density at radius 1 is 1.43 bits per heavy atom. The van der Waals surface area contributed by atoms with E-state index in [4.69, 9.17) is 9.84 Å². The Morgan fingerprint density at radius 2 is 2.07 bits per heavy atom. The standard InChI is InChI=1S/C11H18O3/c1-10(8-12)4-6-11(2,7-5-10)9(13)14-3/h4,6,12H,5,7-8H2,1-3H3. The smallest absolute Gasteiger partial charge is 0.315 e. The molecule has 0 aromatic heterocycles. The van der Waals surface area contributed by atoms with E-state index in [0.29, 0.717) is 0 Å². The van der Waals surface area contributed by atoms with Crippen molar-refractivity contribution in [1.82, 2.24) is 0 Å². The first kappa shape index (κ1) is 11.2. The van der Waals surface area contributed by atoms with Crippen LogP contribution in [-0.4, -0.2) is 24.8 Å². The predicted molar refractivity (Wildman–Crippen MR) is 53.7 cm³/mol. The first-order valence-electron chi connectivity index (χ1n) is 4.85. The van der Waals surface area contributed by atoms with Crippen LogP contribution in [0.1, 0.15) is 26.7 Å². The third-order valence-corrected chi connectivity index (χ3v) is 3.08. The lowest BCUT2D eigenvalue weighted by Crippen LogP contribution is -2.34. The van der Waals surface area contributed by atoms with E-state index < -0.39 is 5.41 Å². The highest BCUT2D eigenvalue weighted by molar-refractivity contribution is 5.78. The molecule has 1 aliphatic carbocycles. The molecule has 1 rings (SSSR count). The van der Waals surface area contributed by atoms with Gasteiger partial charge in [-0.1, -0.05) is 19.1 Å². The highest BCUT2D eigenvalue weighted by atomic mass is 16.5. The quantitative estimate of drug-likeness (QED) is 0.540. The number of rotatable bonds is 2. The summed E-state index contributed by atoms with van der Waals surface area (Å²) < 4.78 is 4.74. The summed E-state index contributed by atoms with van der Waals surface area (Å²) in [7, 11) is 1.40. The molecule has 2 atom stereocenters. The molecular formula is C11H18O3. The summed E-state index contributed by atoms with van der Waals surface area (Å²) >= 11 is 0. The van der Waals surface area contributed by atoms with Crippen LogP contribution in [0.2, 0.25) is 0 Å². The maximum Gasteiger partial charge on any atom is 0.315 e. The van der Waals surface area contributed by atoms with Crippen molar-refractivity contribution in [1.29, 1.82) is 0 Å². The molecule has 80 valence electrons. The molecule has 0 radical (unpaired) electrons. The molecule has 3 nitrogen and oxygen atoms in total. The second-order valence-corrected chi connectivity index (χ2v) is 4.55. The maximum absolute atomic E-state index is 11.5. The Bertz CT molecular complexity index is 259. The highest BCUT2D eigenvalue weighted by Crippen LogP contribution is 2.39. The van der Waals surface area contributed by atoms with Gasteiger partial charge in [-0.15, -0.1) is 0 Å². The van der Waals surface area contributed by atoms with Gasteiger partial charge in [0.2, 0.25) is 0 Å². The van der Waals surface area contributed by atoms with Gasteiger partial charge in [-0.3, -0.25) is 4.79 Å². The molecule has 14 heavy (non-hydrogen) atoms. The molecule has 0 fully saturated rings. The van der Waals surface area contributed by atoms with Crippen LogP contribution in [-0.2, 0) is 9.53 Å². The van der Waals surface area contributed by atoms with E-state index in [2.05, 4.69) is 0 Å². The lowest BCUT2D eigenvalue weighted by Gasteiger charge is -2.34. The molecule has 1 aliphatic rings. The van der Waals surface area contributed by atoms with Crippen LogP contribution in [0.3, 0.4) is 0 Å². The van der Waals surface area contributed by atoms with Crippen LogP contribution in [0.5, 0.6) is 0 Å². The topological polar surface area (TPSA) is 46.5 Å². The first-order chi connectivity index (χ1) is 6.46. The summed E-state index contributed by atoms with van der Waals surface area (Å²) in [5, 5.41) is 9.15. The number of carbonyl (C=O) groups excluding carboxylic acids is 1. The summed E-state index contributed by atoms with van der Waals surface area (Å²) in [6.07, 6.45) is 5.32. The van der Waals surface area contributed by atoms with Gasteiger partial charge < -0.3 is 9.84 Å². The summed E-state index contributed by atoms with van der Waals surface area (Å²) in [4.78, 5) is 11.5. The summed E-state index contributed by atoms with van der Waals surface area (Å²) in [5.74, 6) is -0.200. The molecule has 0 saturated heterocycles. The fraction of sp³-hybridized carbons (Fsp3) is 0.727. The SMILES string of the molecule is COC(=O)C1(C)C=CC(C)(CO)CC1. The van der Waals surface area contributed by atoms with E-state index in [0.717, 1.165) is 12.8 Å². The second kappa shape index (κ2) is 3.73. The average Bonchev–Trinajstić information content (AvgIpc) is 2.22. The van der Waals surface area contributed by atoms with Crippen LogP contribution < -0.4 is 0 Å². The van der Waals surface area contributed by atoms with E-state index in [9.17, 15) is 4.79 Å². The van der Waals surface area contributed by atoms with Crippen molar-refractivity contribution in [3.8, 4) is 0 Å². The normalized spacial score (nSPS) is 36.9. The van der Waals surface area contributed by atoms with Crippen LogP contribution in [0.4, 0.5) is 0 Å². The van der Waals surface area contributed by atoms with Gasteiger partial charge in [0.25, 0.3) is 0 Å². The number of hydrogen-bond acceptors (Lipinski definition) is 3. The number of ether oxygens (including phenoxy) is 1. The third kappa shape index (κ3) is 1.98. The number of aliphatic hydroxyl groups is 1. The molecule has 0 saturated carbocycles. The first-order valence-corrected chi connectivity index (χ1v) is 4.85. The summed E-state index contributed by atoms with van der Waals surface area (Å²) in [6, 6.07) is 0. The Balaban J connectivity index is 2.81. The number of hydrogen-bond donors (Lipinski definition) is 1. The van der Waals surface area contributed by atoms with Crippen LogP contribution in [0.15, 0.2) is 12.2 Å². The van der Waals surface area contributed by atoms with Gasteiger partial charge in [-0.05, 0) is 19.8 Å². The Kier molecular flexibility index (Phi) is 3.00. The number of methoxy groups -OCH3 is 1. The largest absolute Gasteiger partial charge is 0.468 e. The molecule has 0 heterocycles. The number of esters is 1. The molecule has 0 aromatic rings. The third-order valence-electron chi connectivity index (χ3n) is 3.08. The lowest BCUT2D eigenvalue weighted by molar-refractivity contribution is -0.150. The maximum atomic E-state index is 11.5. The zero-order chi connectivity index (χ0) is 10.8. The minimum atomic E-state index is -0.510. The molecule has 0 amide bonds. The summed E-state index contributed by atoms with van der Waals surface area (Å²) in [5.41, 5.74) is -0.684. The second-order valence-electron chi connectivity index (χ2n) is 4.55. The molecular weight excluding hydrogens is 180 g/mol. The van der Waals surface area contributed by atoms with Crippen molar-refractivity contribution in [3.05, 3.63) is 12.2 Å². The Hall–Kier alpha value is -0.830. The molecule has 2 unspecified atom stereocenters. The fourth-order valence-electron chi connectivity index (χ4n) is 1.63. The monoisotopic (exact) mass is 198 g/mol. The van der Waals surface area contributed by atoms with Gasteiger partial charge in [0.1, 0.15) is 0 Å². The molecule has 0 bridgehead atoms. The van der Waals surface area contributed by atoms with E-state index in [1.807, 2.05) is 26.0 Å². The van der Waals surface area contributed by atoms with Gasteiger partial charge in [0.05, 0.1) is 19.1 Å². The molecule has 1 N–H and O–H groups in total. The van der Waals surface area contributed by atoms with Crippen LogP contribution in [0, 0.1) is 10.8 Å². The molecule has 0 spiro atoms. The number of aliphatic hydroxyl groups excluding tert-OH is 1. The minimum absolute atomic E-state index is 0.126. The van der Waals surface area contributed by atoms with Crippen molar-refractivity contribution < 1.29 is 14.6 Å². The summed E-state index contributed by atoms with van der Waals surface area (Å²) in [6.45, 7) is 3.98. The van der Waals surface area contributed by atoms with E-state index >= 15 is 0 Å². The molecule has 3 heteroatoms. The Morgan fingerprint density at radius 3 is 2.43 bits per heavy atom. The van der Waals surface area contributed by atoms with E-state index in [1.54, 1.807) is 0 Å². The van der Waals surface area contributed by atoms with E-state index in [1.165, 1.54) is 7.11 Å². The molecule has 0 aromatic carbocycles. The number of carbonyl (C=O) groups is 1. The minimum Gasteiger partial charge on any atom is -0.468 e. The van der Waals surface area contributed by atoms with Crippen LogP contribution >= 0.6 is 0 Å². The van der Waals surface area contributed by atoms with Crippen molar-refractivity contribution >= 4 is 5.97 Å². The van der Waals surface area contributed by atoms with Crippen molar-refractivity contribution in [2.24, 2.45) is 10.8 Å². The van der Waals surface area contributed by atoms with Gasteiger partial charge in [0.15, 0.2) is 0 Å². The highest BCUT2D eigenvalue weighted by Gasteiger charge is 2.38. The zero-order valence-electron chi connectivity index (χ0n) is 9.04. The van der Waals surface area contributed by atoms with Crippen LogP contribution in [0.25, 0.3) is 0 Å². The zero-order valence-corrected chi connectivity index (χ0v) is 9.04. The van der Waals surface area contributed by atoms with Crippen molar-refractivity contribution in [2.45, 2.75) is 26.7 Å². The van der Waals surface area contributed by atoms with Crippen molar-refractivity contribution in [3.63, 3.8) is 0 Å². The van der Waals surface area contributed by atoms with Gasteiger partial charge in [-0.25, -0.2) is 0 Å². The van der Waals surface area contributed by atoms with Gasteiger partial charge in [-0.2, -0.15) is 0 Å². The lowest BCUT2D eigenvalue weighted by atomic mass is 9.71.